The minimum atomic E-state index is -4.30. The van der Waals surface area contributed by atoms with E-state index in [-0.39, 0.29) is 12.4 Å². The van der Waals surface area contributed by atoms with Gasteiger partial charge in [0.1, 0.15) is 12.4 Å². The van der Waals surface area contributed by atoms with Crippen LogP contribution >= 0.6 is 0 Å². The summed E-state index contributed by atoms with van der Waals surface area (Å²) in [6, 6.07) is 4.51. The minimum Gasteiger partial charge on any atom is -1.00 e. The van der Waals surface area contributed by atoms with E-state index < -0.39 is 11.7 Å². The monoisotopic (exact) mass is 240 g/mol. The van der Waals surface area contributed by atoms with Crippen LogP contribution in [0.1, 0.15) is 5.56 Å². The lowest BCUT2D eigenvalue weighted by Gasteiger charge is -2.08. The van der Waals surface area contributed by atoms with Crippen LogP contribution < -0.4 is 22.9 Å². The first-order valence-electron chi connectivity index (χ1n) is 4.04. The standard InChI is InChI=1S/C9H10F3NO.ClH/c10-9(11,12)7-1-3-8(4-2-7)14-6-5-13;/h1-4H,5-6,13H2;1H/p-1. The van der Waals surface area contributed by atoms with Gasteiger partial charge >= 0.3 is 6.18 Å². The first kappa shape index (κ1) is 14.1. The maximum atomic E-state index is 12.1. The van der Waals surface area contributed by atoms with Crippen LogP contribution in [0.4, 0.5) is 13.2 Å². The Morgan fingerprint density at radius 1 is 1.13 bits per heavy atom. The van der Waals surface area contributed by atoms with Crippen LogP contribution in [0.2, 0.25) is 0 Å². The molecule has 0 amide bonds. The number of rotatable bonds is 3. The number of nitrogens with two attached hydrogens (primary N) is 1. The third-order valence-electron chi connectivity index (χ3n) is 1.57. The molecule has 0 heterocycles. The summed E-state index contributed by atoms with van der Waals surface area (Å²) in [5, 5.41) is 0. The number of halogens is 4. The zero-order valence-corrected chi connectivity index (χ0v) is 8.48. The van der Waals surface area contributed by atoms with Crippen molar-refractivity contribution in [2.24, 2.45) is 5.73 Å². The van der Waals surface area contributed by atoms with Crippen molar-refractivity contribution in [1.82, 2.24) is 0 Å². The van der Waals surface area contributed by atoms with E-state index in [4.69, 9.17) is 10.5 Å². The summed E-state index contributed by atoms with van der Waals surface area (Å²) < 4.78 is 41.4. The highest BCUT2D eigenvalue weighted by atomic mass is 35.5. The topological polar surface area (TPSA) is 35.2 Å². The third-order valence-corrected chi connectivity index (χ3v) is 1.57. The Labute approximate surface area is 91.6 Å². The Balaban J connectivity index is 0.00000196. The molecule has 0 spiro atoms. The van der Waals surface area contributed by atoms with Gasteiger partial charge < -0.3 is 22.9 Å². The second-order valence-electron chi connectivity index (χ2n) is 2.66. The molecule has 0 aliphatic rings. The first-order chi connectivity index (χ1) is 6.54. The molecule has 1 rings (SSSR count). The van der Waals surface area contributed by atoms with Gasteiger partial charge in [-0.2, -0.15) is 13.2 Å². The Hall–Kier alpha value is -0.940. The highest BCUT2D eigenvalue weighted by Crippen LogP contribution is 2.30. The van der Waals surface area contributed by atoms with Crippen molar-refractivity contribution in [2.45, 2.75) is 6.18 Å². The summed E-state index contributed by atoms with van der Waals surface area (Å²) in [5.41, 5.74) is 4.49. The van der Waals surface area contributed by atoms with Crippen molar-refractivity contribution in [3.05, 3.63) is 29.8 Å². The SMILES string of the molecule is NCCOc1ccc(C(F)(F)F)cc1.[Cl-]. The summed E-state index contributed by atoms with van der Waals surface area (Å²) in [6.07, 6.45) is -4.30. The Kier molecular flexibility index (Phi) is 5.46. The van der Waals surface area contributed by atoms with E-state index in [1.165, 1.54) is 12.1 Å². The van der Waals surface area contributed by atoms with E-state index in [9.17, 15) is 13.2 Å². The van der Waals surface area contributed by atoms with E-state index in [0.717, 1.165) is 12.1 Å². The predicted molar refractivity (Wildman–Crippen MR) is 46.0 cm³/mol. The molecule has 0 bridgehead atoms. The van der Waals surface area contributed by atoms with Gasteiger partial charge in [-0.25, -0.2) is 0 Å². The molecule has 0 aliphatic carbocycles. The van der Waals surface area contributed by atoms with Crippen LogP contribution in [0.25, 0.3) is 0 Å². The number of benzene rings is 1. The maximum Gasteiger partial charge on any atom is 0.416 e. The molecule has 0 fully saturated rings. The van der Waals surface area contributed by atoms with Crippen LogP contribution in [-0.4, -0.2) is 13.2 Å². The van der Waals surface area contributed by atoms with Crippen molar-refractivity contribution < 1.29 is 30.3 Å². The molecule has 0 saturated heterocycles. The summed E-state index contributed by atoms with van der Waals surface area (Å²) in [5.74, 6) is 0.392. The van der Waals surface area contributed by atoms with Gasteiger partial charge in [-0.3, -0.25) is 0 Å². The molecule has 1 aromatic carbocycles. The molecular formula is C9H10ClF3NO-. The van der Waals surface area contributed by atoms with Crippen molar-refractivity contribution in [3.63, 3.8) is 0 Å². The molecule has 15 heavy (non-hydrogen) atoms. The number of hydrogen-bond acceptors (Lipinski definition) is 2. The Morgan fingerprint density at radius 3 is 2.07 bits per heavy atom. The van der Waals surface area contributed by atoms with E-state index in [0.29, 0.717) is 18.9 Å². The molecule has 0 radical (unpaired) electrons. The zero-order chi connectivity index (χ0) is 10.6. The molecule has 0 unspecified atom stereocenters. The minimum absolute atomic E-state index is 0. The number of ether oxygens (including phenoxy) is 1. The van der Waals surface area contributed by atoms with Crippen molar-refractivity contribution in [1.29, 1.82) is 0 Å². The fourth-order valence-corrected chi connectivity index (χ4v) is 0.917. The summed E-state index contributed by atoms with van der Waals surface area (Å²) in [4.78, 5) is 0. The summed E-state index contributed by atoms with van der Waals surface area (Å²) in [6.45, 7) is 0.631. The van der Waals surface area contributed by atoms with Gasteiger partial charge in [0.05, 0.1) is 5.56 Å². The van der Waals surface area contributed by atoms with E-state index in [2.05, 4.69) is 0 Å². The zero-order valence-electron chi connectivity index (χ0n) is 7.72. The van der Waals surface area contributed by atoms with Gasteiger partial charge in [-0.15, -0.1) is 0 Å². The van der Waals surface area contributed by atoms with Crippen LogP contribution in [0, 0.1) is 0 Å². The van der Waals surface area contributed by atoms with E-state index in [1.807, 2.05) is 0 Å². The molecule has 0 aliphatic heterocycles. The molecular weight excluding hydrogens is 231 g/mol. The average Bonchev–Trinajstić information content (AvgIpc) is 2.14. The molecule has 86 valence electrons. The van der Waals surface area contributed by atoms with Crippen LogP contribution in [0.5, 0.6) is 5.75 Å². The molecule has 0 saturated carbocycles. The molecule has 2 nitrogen and oxygen atoms in total. The fraction of sp³-hybridized carbons (Fsp3) is 0.333. The Morgan fingerprint density at radius 2 is 1.67 bits per heavy atom. The van der Waals surface area contributed by atoms with Crippen molar-refractivity contribution in [3.8, 4) is 5.75 Å². The van der Waals surface area contributed by atoms with Gasteiger partial charge in [0.15, 0.2) is 0 Å². The van der Waals surface area contributed by atoms with Gasteiger partial charge in [-0.1, -0.05) is 0 Å². The average molecular weight is 241 g/mol. The van der Waals surface area contributed by atoms with Crippen molar-refractivity contribution >= 4 is 0 Å². The molecule has 2 N–H and O–H groups in total. The molecule has 6 heteroatoms. The fourth-order valence-electron chi connectivity index (χ4n) is 0.917. The normalized spacial score (nSPS) is 10.7. The van der Waals surface area contributed by atoms with Crippen LogP contribution in [-0.2, 0) is 6.18 Å². The second kappa shape index (κ2) is 5.82. The lowest BCUT2D eigenvalue weighted by atomic mass is 10.2. The van der Waals surface area contributed by atoms with Crippen LogP contribution in [0.15, 0.2) is 24.3 Å². The largest absolute Gasteiger partial charge is 1.00 e. The number of hydrogen-bond donors (Lipinski definition) is 1. The third kappa shape index (κ3) is 4.40. The van der Waals surface area contributed by atoms with Gasteiger partial charge in [0, 0.05) is 6.54 Å². The van der Waals surface area contributed by atoms with Crippen LogP contribution in [0.3, 0.4) is 0 Å². The highest BCUT2D eigenvalue weighted by Gasteiger charge is 2.29. The Bertz CT molecular complexity index is 286. The lowest BCUT2D eigenvalue weighted by molar-refractivity contribution is -0.137. The van der Waals surface area contributed by atoms with E-state index in [1.54, 1.807) is 0 Å². The van der Waals surface area contributed by atoms with Gasteiger partial charge in [0.25, 0.3) is 0 Å². The van der Waals surface area contributed by atoms with Crippen molar-refractivity contribution in [2.75, 3.05) is 13.2 Å². The van der Waals surface area contributed by atoms with E-state index >= 15 is 0 Å². The molecule has 0 atom stereocenters. The second-order valence-corrected chi connectivity index (χ2v) is 2.66. The maximum absolute atomic E-state index is 12.1. The predicted octanol–water partition coefficient (Wildman–Crippen LogP) is -0.953. The molecule has 1 aromatic rings. The summed E-state index contributed by atoms with van der Waals surface area (Å²) >= 11 is 0. The smallest absolute Gasteiger partial charge is 0.416 e. The lowest BCUT2D eigenvalue weighted by Crippen LogP contribution is -3.00. The van der Waals surface area contributed by atoms with Gasteiger partial charge in [-0.05, 0) is 24.3 Å². The summed E-state index contributed by atoms with van der Waals surface area (Å²) in [7, 11) is 0. The molecule has 0 aromatic heterocycles. The number of alkyl halides is 3. The highest BCUT2D eigenvalue weighted by molar-refractivity contribution is 5.28. The quantitative estimate of drug-likeness (QED) is 0.739. The van der Waals surface area contributed by atoms with Gasteiger partial charge in [0.2, 0.25) is 0 Å². The first-order valence-corrected chi connectivity index (χ1v) is 4.04.